The Morgan fingerprint density at radius 2 is 1.93 bits per heavy atom. The lowest BCUT2D eigenvalue weighted by Crippen LogP contribution is -2.50. The molecule has 6 nitrogen and oxygen atoms in total. The van der Waals surface area contributed by atoms with Crippen LogP contribution >= 0.6 is 11.3 Å². The van der Waals surface area contributed by atoms with Gasteiger partial charge in [0.05, 0.1) is 18.6 Å². The van der Waals surface area contributed by atoms with E-state index >= 15 is 0 Å². The number of hydrogen-bond acceptors (Lipinski definition) is 4. The Labute approximate surface area is 171 Å². The van der Waals surface area contributed by atoms with Gasteiger partial charge in [-0.15, -0.1) is 11.3 Å². The van der Waals surface area contributed by atoms with Crippen molar-refractivity contribution in [1.29, 1.82) is 0 Å². The number of carbonyl (C=O) groups is 2. The first-order valence-corrected chi connectivity index (χ1v) is 11.6. The molecule has 3 aliphatic heterocycles. The van der Waals surface area contributed by atoms with Gasteiger partial charge in [-0.05, 0) is 50.0 Å². The van der Waals surface area contributed by atoms with E-state index < -0.39 is 0 Å². The third-order valence-electron chi connectivity index (χ3n) is 6.10. The number of nitrogens with zero attached hydrogens (tertiary/aromatic N) is 3. The molecule has 154 valence electrons. The summed E-state index contributed by atoms with van der Waals surface area (Å²) in [6.07, 6.45) is 6.22. The minimum atomic E-state index is -0.0957. The minimum absolute atomic E-state index is 0.0957. The quantitative estimate of drug-likeness (QED) is 0.756. The van der Waals surface area contributed by atoms with Crippen LogP contribution in [0.5, 0.6) is 0 Å². The number of hydrogen-bond donors (Lipinski definition) is 0. The predicted molar refractivity (Wildman–Crippen MR) is 109 cm³/mol. The number of urea groups is 1. The summed E-state index contributed by atoms with van der Waals surface area (Å²) in [5.41, 5.74) is 0. The van der Waals surface area contributed by atoms with E-state index in [1.807, 2.05) is 20.8 Å². The number of ether oxygens (including phenoxy) is 1. The highest BCUT2D eigenvalue weighted by atomic mass is 32.1. The third kappa shape index (κ3) is 4.69. The first-order valence-electron chi connectivity index (χ1n) is 10.7. The van der Waals surface area contributed by atoms with Crippen molar-refractivity contribution >= 4 is 23.3 Å². The zero-order valence-corrected chi connectivity index (χ0v) is 17.4. The van der Waals surface area contributed by atoms with Crippen molar-refractivity contribution in [1.82, 2.24) is 14.7 Å². The fraction of sp³-hybridized carbons (Fsp3) is 0.714. The molecular formula is C21H31N3O3S. The van der Waals surface area contributed by atoms with Crippen molar-refractivity contribution in [3.05, 3.63) is 22.4 Å². The van der Waals surface area contributed by atoms with Crippen LogP contribution in [0.25, 0.3) is 0 Å². The molecular weight excluding hydrogens is 374 g/mol. The van der Waals surface area contributed by atoms with E-state index in [1.165, 1.54) is 4.88 Å². The summed E-state index contributed by atoms with van der Waals surface area (Å²) in [4.78, 5) is 33.2. The average Bonchev–Trinajstić information content (AvgIpc) is 3.50. The number of thiophene rings is 1. The van der Waals surface area contributed by atoms with E-state index in [0.29, 0.717) is 19.6 Å². The highest BCUT2D eigenvalue weighted by molar-refractivity contribution is 7.09. The fourth-order valence-corrected chi connectivity index (χ4v) is 5.30. The summed E-state index contributed by atoms with van der Waals surface area (Å²) < 4.78 is 5.81. The molecule has 0 bridgehead atoms. The van der Waals surface area contributed by atoms with Gasteiger partial charge in [0, 0.05) is 44.2 Å². The summed E-state index contributed by atoms with van der Waals surface area (Å²) in [5.74, 6) is 0.0875. The second-order valence-corrected chi connectivity index (χ2v) is 9.23. The molecule has 1 aromatic rings. The van der Waals surface area contributed by atoms with Crippen LogP contribution in [0.3, 0.4) is 0 Å². The molecule has 1 aromatic heterocycles. The summed E-state index contributed by atoms with van der Waals surface area (Å²) in [6.45, 7) is 5.15. The number of rotatable bonds is 5. The third-order valence-corrected chi connectivity index (χ3v) is 6.97. The van der Waals surface area contributed by atoms with E-state index in [4.69, 9.17) is 4.74 Å². The van der Waals surface area contributed by atoms with Crippen LogP contribution in [0, 0.1) is 5.92 Å². The molecule has 0 radical (unpaired) electrons. The normalized spacial score (nSPS) is 25.3. The topological polar surface area (TPSA) is 53.1 Å². The lowest BCUT2D eigenvalue weighted by atomic mass is 9.96. The second kappa shape index (κ2) is 9.27. The van der Waals surface area contributed by atoms with Crippen LogP contribution in [0.2, 0.25) is 0 Å². The number of amides is 3. The molecule has 0 aliphatic carbocycles. The summed E-state index contributed by atoms with van der Waals surface area (Å²) in [7, 11) is 0. The summed E-state index contributed by atoms with van der Waals surface area (Å²) >= 11 is 1.69. The lowest BCUT2D eigenvalue weighted by molar-refractivity contribution is -0.139. The Morgan fingerprint density at radius 1 is 1.11 bits per heavy atom. The smallest absolute Gasteiger partial charge is 0.320 e. The molecule has 0 aromatic carbocycles. The Hall–Kier alpha value is -1.60. The van der Waals surface area contributed by atoms with Crippen LogP contribution in [0.4, 0.5) is 4.79 Å². The van der Waals surface area contributed by atoms with Gasteiger partial charge in [0.25, 0.3) is 0 Å². The van der Waals surface area contributed by atoms with Crippen molar-refractivity contribution in [2.75, 3.05) is 39.3 Å². The van der Waals surface area contributed by atoms with Crippen molar-refractivity contribution in [2.45, 2.75) is 51.2 Å². The van der Waals surface area contributed by atoms with Gasteiger partial charge in [0.1, 0.15) is 0 Å². The van der Waals surface area contributed by atoms with Gasteiger partial charge < -0.3 is 19.4 Å². The SMILES string of the molecule is O=C(C1CCCN(C(=O)N2CCCC2)C1)N(Cc1cccs1)CC1CCCO1. The molecule has 4 rings (SSSR count). The maximum atomic E-state index is 13.4. The number of carbonyl (C=O) groups excluding carboxylic acids is 2. The molecule has 4 heterocycles. The van der Waals surface area contributed by atoms with Gasteiger partial charge in [-0.3, -0.25) is 4.79 Å². The predicted octanol–water partition coefficient (Wildman–Crippen LogP) is 3.18. The highest BCUT2D eigenvalue weighted by Gasteiger charge is 2.34. The Balaban J connectivity index is 1.41. The molecule has 28 heavy (non-hydrogen) atoms. The van der Waals surface area contributed by atoms with Gasteiger partial charge in [-0.1, -0.05) is 6.07 Å². The molecule has 3 amide bonds. The Kier molecular flexibility index (Phi) is 6.52. The van der Waals surface area contributed by atoms with Crippen LogP contribution < -0.4 is 0 Å². The zero-order valence-electron chi connectivity index (χ0n) is 16.6. The average molecular weight is 406 g/mol. The standard InChI is InChI=1S/C21H31N3O3S/c25-20(17-6-3-11-23(14-17)21(26)22-9-1-2-10-22)24(15-18-7-4-12-27-18)16-19-8-5-13-28-19/h5,8,13,17-18H,1-4,6-7,9-12,14-16H2. The van der Waals surface area contributed by atoms with E-state index in [9.17, 15) is 9.59 Å². The van der Waals surface area contributed by atoms with Crippen LogP contribution in [-0.2, 0) is 16.1 Å². The van der Waals surface area contributed by atoms with E-state index in [1.54, 1.807) is 11.3 Å². The number of piperidine rings is 1. The van der Waals surface area contributed by atoms with Gasteiger partial charge >= 0.3 is 6.03 Å². The van der Waals surface area contributed by atoms with Crippen molar-refractivity contribution in [2.24, 2.45) is 5.92 Å². The molecule has 2 unspecified atom stereocenters. The van der Waals surface area contributed by atoms with Gasteiger partial charge in [0.15, 0.2) is 0 Å². The molecule has 0 spiro atoms. The number of likely N-dealkylation sites (tertiary alicyclic amines) is 2. The fourth-order valence-electron chi connectivity index (χ4n) is 4.58. The molecule has 0 N–H and O–H groups in total. The molecule has 2 atom stereocenters. The van der Waals surface area contributed by atoms with Gasteiger partial charge in [-0.2, -0.15) is 0 Å². The van der Waals surface area contributed by atoms with Crippen LogP contribution in [-0.4, -0.2) is 72.1 Å². The van der Waals surface area contributed by atoms with Crippen molar-refractivity contribution < 1.29 is 14.3 Å². The van der Waals surface area contributed by atoms with Crippen LogP contribution in [0.1, 0.15) is 43.4 Å². The van der Waals surface area contributed by atoms with E-state index in [-0.39, 0.29) is 24.0 Å². The first kappa shape index (κ1) is 19.7. The maximum absolute atomic E-state index is 13.4. The monoisotopic (exact) mass is 405 g/mol. The van der Waals surface area contributed by atoms with E-state index in [0.717, 1.165) is 64.8 Å². The van der Waals surface area contributed by atoms with Gasteiger partial charge in [0.2, 0.25) is 5.91 Å². The molecule has 3 fully saturated rings. The molecule has 0 saturated carbocycles. The molecule has 3 aliphatic rings. The van der Waals surface area contributed by atoms with Crippen molar-refractivity contribution in [3.63, 3.8) is 0 Å². The largest absolute Gasteiger partial charge is 0.376 e. The maximum Gasteiger partial charge on any atom is 0.320 e. The highest BCUT2D eigenvalue weighted by Crippen LogP contribution is 2.24. The first-order chi connectivity index (χ1) is 13.7. The molecule has 7 heteroatoms. The zero-order chi connectivity index (χ0) is 19.3. The van der Waals surface area contributed by atoms with Crippen molar-refractivity contribution in [3.8, 4) is 0 Å². The lowest BCUT2D eigenvalue weighted by Gasteiger charge is -2.37. The summed E-state index contributed by atoms with van der Waals surface area (Å²) in [5, 5.41) is 2.06. The van der Waals surface area contributed by atoms with E-state index in [2.05, 4.69) is 11.4 Å². The van der Waals surface area contributed by atoms with Gasteiger partial charge in [-0.25, -0.2) is 4.79 Å². The Morgan fingerprint density at radius 3 is 2.64 bits per heavy atom. The summed E-state index contributed by atoms with van der Waals surface area (Å²) in [6, 6.07) is 4.25. The molecule has 3 saturated heterocycles. The second-order valence-electron chi connectivity index (χ2n) is 8.20. The Bertz CT molecular complexity index is 654. The van der Waals surface area contributed by atoms with Crippen LogP contribution in [0.15, 0.2) is 17.5 Å². The minimum Gasteiger partial charge on any atom is -0.376 e.